The van der Waals surface area contributed by atoms with Crippen LogP contribution in [0.3, 0.4) is 0 Å². The van der Waals surface area contributed by atoms with Crippen molar-refractivity contribution in [3.05, 3.63) is 48.0 Å². The third kappa shape index (κ3) is 12.2. The van der Waals surface area contributed by atoms with Crippen LogP contribution in [0, 0.1) is 23.7 Å². The van der Waals surface area contributed by atoms with Crippen molar-refractivity contribution in [3.63, 3.8) is 0 Å². The third-order valence-electron chi connectivity index (χ3n) is 7.40. The first-order chi connectivity index (χ1) is 16.4. The molecule has 0 fully saturated rings. The lowest BCUT2D eigenvalue weighted by Crippen LogP contribution is -2.38. The summed E-state index contributed by atoms with van der Waals surface area (Å²) >= 11 is 0. The maximum atomic E-state index is 12.2. The fourth-order valence-electron chi connectivity index (χ4n) is 5.25. The normalized spacial score (nSPS) is 16.3. The molecule has 0 amide bonds. The lowest BCUT2D eigenvalue weighted by atomic mass is 9.72. The molecule has 0 bridgehead atoms. The van der Waals surface area contributed by atoms with E-state index in [2.05, 4.69) is 38.1 Å². The van der Waals surface area contributed by atoms with Gasteiger partial charge < -0.3 is 15.9 Å². The SMILES string of the molecule is CCCCCCC=CC[C@H](CC)CC[C@H](CCN)[C@H](CCc1ccccc1)[C@H](C(=O)O)[C@H](C)O. The third-order valence-corrected chi connectivity index (χ3v) is 7.40. The van der Waals surface area contributed by atoms with Crippen LogP contribution in [-0.2, 0) is 11.2 Å². The van der Waals surface area contributed by atoms with Crippen molar-refractivity contribution in [3.8, 4) is 0 Å². The van der Waals surface area contributed by atoms with Gasteiger partial charge >= 0.3 is 5.97 Å². The molecule has 0 aliphatic rings. The second-order valence-corrected chi connectivity index (χ2v) is 10.0. The van der Waals surface area contributed by atoms with E-state index < -0.39 is 18.0 Å². The van der Waals surface area contributed by atoms with Crippen molar-refractivity contribution in [2.45, 2.75) is 104 Å². The van der Waals surface area contributed by atoms with Crippen LogP contribution < -0.4 is 5.73 Å². The molecule has 0 heterocycles. The van der Waals surface area contributed by atoms with Crippen molar-refractivity contribution in [2.75, 3.05) is 6.54 Å². The van der Waals surface area contributed by atoms with E-state index in [9.17, 15) is 15.0 Å². The van der Waals surface area contributed by atoms with Crippen LogP contribution in [-0.4, -0.2) is 28.8 Å². The summed E-state index contributed by atoms with van der Waals surface area (Å²) in [5.41, 5.74) is 7.21. The molecule has 0 aromatic heterocycles. The van der Waals surface area contributed by atoms with E-state index in [0.717, 1.165) is 44.9 Å². The molecule has 0 spiro atoms. The average molecular weight is 474 g/mol. The van der Waals surface area contributed by atoms with Gasteiger partial charge in [-0.25, -0.2) is 0 Å². The molecule has 0 aliphatic heterocycles. The van der Waals surface area contributed by atoms with Gasteiger partial charge in [0.05, 0.1) is 12.0 Å². The predicted molar refractivity (Wildman–Crippen MR) is 144 cm³/mol. The minimum Gasteiger partial charge on any atom is -0.481 e. The standard InChI is InChI=1S/C30H51NO3/c1-4-6-7-8-9-10-12-15-25(5-2)18-20-27(22-23-31)28(29(24(3)32)30(33)34)21-19-26-16-13-11-14-17-26/h10-14,16-17,24-25,27-29,32H,4-9,15,18-23,31H2,1-3H3,(H,33,34)/t24-,25-,27+,28-,29+/m0/s1. The van der Waals surface area contributed by atoms with E-state index in [0.29, 0.717) is 12.5 Å². The first-order valence-corrected chi connectivity index (χ1v) is 13.7. The summed E-state index contributed by atoms with van der Waals surface area (Å²) in [6.07, 6.45) is 16.8. The first-order valence-electron chi connectivity index (χ1n) is 13.7. The van der Waals surface area contributed by atoms with Gasteiger partial charge in [0.1, 0.15) is 0 Å². The van der Waals surface area contributed by atoms with Gasteiger partial charge in [0, 0.05) is 0 Å². The topological polar surface area (TPSA) is 83.6 Å². The first kappa shape index (κ1) is 30.4. The molecule has 34 heavy (non-hydrogen) atoms. The second kappa shape index (κ2) is 18.6. The summed E-state index contributed by atoms with van der Waals surface area (Å²) in [5.74, 6) is -0.933. The molecule has 4 nitrogen and oxygen atoms in total. The monoisotopic (exact) mass is 473 g/mol. The van der Waals surface area contributed by atoms with Gasteiger partial charge in [-0.1, -0.05) is 82.0 Å². The fourth-order valence-corrected chi connectivity index (χ4v) is 5.25. The van der Waals surface area contributed by atoms with Crippen molar-refractivity contribution >= 4 is 5.97 Å². The fraction of sp³-hybridized carbons (Fsp3) is 0.700. The Hall–Kier alpha value is -1.65. The highest BCUT2D eigenvalue weighted by Gasteiger charge is 2.36. The number of carbonyl (C=O) groups is 1. The Labute approximate surface area is 209 Å². The van der Waals surface area contributed by atoms with Crippen LogP contribution in [0.15, 0.2) is 42.5 Å². The van der Waals surface area contributed by atoms with Crippen molar-refractivity contribution in [1.29, 1.82) is 0 Å². The largest absolute Gasteiger partial charge is 0.481 e. The molecular formula is C30H51NO3. The number of allylic oxidation sites excluding steroid dienone is 2. The Bertz CT molecular complexity index is 658. The summed E-state index contributed by atoms with van der Waals surface area (Å²) < 4.78 is 0. The number of aliphatic hydroxyl groups is 1. The number of nitrogens with two attached hydrogens (primary N) is 1. The Balaban J connectivity index is 2.82. The molecule has 0 saturated carbocycles. The molecule has 0 radical (unpaired) electrons. The zero-order chi connectivity index (χ0) is 25.2. The molecule has 0 aliphatic carbocycles. The van der Waals surface area contributed by atoms with E-state index in [1.807, 2.05) is 18.2 Å². The maximum Gasteiger partial charge on any atom is 0.309 e. The highest BCUT2D eigenvalue weighted by atomic mass is 16.4. The maximum absolute atomic E-state index is 12.2. The van der Waals surface area contributed by atoms with Crippen LogP contribution in [0.2, 0.25) is 0 Å². The highest BCUT2D eigenvalue weighted by Crippen LogP contribution is 2.35. The lowest BCUT2D eigenvalue weighted by molar-refractivity contribution is -0.149. The van der Waals surface area contributed by atoms with E-state index in [1.54, 1.807) is 6.92 Å². The lowest BCUT2D eigenvalue weighted by Gasteiger charge is -2.34. The van der Waals surface area contributed by atoms with E-state index in [1.165, 1.54) is 37.7 Å². The van der Waals surface area contributed by atoms with Crippen LogP contribution in [0.4, 0.5) is 0 Å². The Morgan fingerprint density at radius 3 is 2.32 bits per heavy atom. The smallest absolute Gasteiger partial charge is 0.309 e. The van der Waals surface area contributed by atoms with Crippen molar-refractivity contribution < 1.29 is 15.0 Å². The molecule has 1 rings (SSSR count). The Morgan fingerprint density at radius 2 is 1.74 bits per heavy atom. The molecule has 1 aromatic carbocycles. The van der Waals surface area contributed by atoms with Crippen LogP contribution in [0.5, 0.6) is 0 Å². The number of unbranched alkanes of at least 4 members (excludes halogenated alkanes) is 4. The zero-order valence-electron chi connectivity index (χ0n) is 22.0. The highest BCUT2D eigenvalue weighted by molar-refractivity contribution is 5.71. The second-order valence-electron chi connectivity index (χ2n) is 10.0. The van der Waals surface area contributed by atoms with E-state index >= 15 is 0 Å². The Kier molecular flexibility index (Phi) is 16.7. The molecular weight excluding hydrogens is 422 g/mol. The van der Waals surface area contributed by atoms with Gasteiger partial charge in [-0.15, -0.1) is 0 Å². The van der Waals surface area contributed by atoms with Gasteiger partial charge in [0.25, 0.3) is 0 Å². The number of hydrogen-bond acceptors (Lipinski definition) is 3. The number of benzene rings is 1. The average Bonchev–Trinajstić information content (AvgIpc) is 2.82. The van der Waals surface area contributed by atoms with Crippen molar-refractivity contribution in [1.82, 2.24) is 0 Å². The minimum atomic E-state index is -0.895. The summed E-state index contributed by atoms with van der Waals surface area (Å²) in [6.45, 7) is 6.66. The summed E-state index contributed by atoms with van der Waals surface area (Å²) in [7, 11) is 0. The molecule has 0 saturated heterocycles. The molecule has 1 aromatic rings. The predicted octanol–water partition coefficient (Wildman–Crippen LogP) is 7.01. The number of aliphatic hydroxyl groups excluding tert-OH is 1. The van der Waals surface area contributed by atoms with Gasteiger partial charge in [0.15, 0.2) is 0 Å². The van der Waals surface area contributed by atoms with E-state index in [4.69, 9.17) is 5.73 Å². The van der Waals surface area contributed by atoms with Gasteiger partial charge in [0.2, 0.25) is 0 Å². The quantitative estimate of drug-likeness (QED) is 0.140. The van der Waals surface area contributed by atoms with Gasteiger partial charge in [-0.3, -0.25) is 4.79 Å². The summed E-state index contributed by atoms with van der Waals surface area (Å²) in [4.78, 5) is 12.2. The number of carboxylic acid groups (broad SMARTS) is 1. The molecule has 0 unspecified atom stereocenters. The van der Waals surface area contributed by atoms with Crippen LogP contribution in [0.1, 0.15) is 97.0 Å². The number of carboxylic acids is 1. The van der Waals surface area contributed by atoms with Crippen LogP contribution >= 0.6 is 0 Å². The van der Waals surface area contributed by atoms with Gasteiger partial charge in [-0.2, -0.15) is 0 Å². The Morgan fingerprint density at radius 1 is 1.00 bits per heavy atom. The molecule has 5 atom stereocenters. The summed E-state index contributed by atoms with van der Waals surface area (Å²) in [6, 6.07) is 10.2. The number of rotatable bonds is 20. The van der Waals surface area contributed by atoms with Crippen LogP contribution in [0.25, 0.3) is 0 Å². The zero-order valence-corrected chi connectivity index (χ0v) is 22.0. The molecule has 4 heteroatoms. The number of aliphatic carboxylic acids is 1. The number of hydrogen-bond donors (Lipinski definition) is 3. The minimum absolute atomic E-state index is 0.0899. The van der Waals surface area contributed by atoms with Crippen molar-refractivity contribution in [2.24, 2.45) is 29.4 Å². The summed E-state index contributed by atoms with van der Waals surface area (Å²) in [5, 5.41) is 20.4. The van der Waals surface area contributed by atoms with E-state index in [-0.39, 0.29) is 11.8 Å². The molecule has 194 valence electrons. The molecule has 4 N–H and O–H groups in total. The van der Waals surface area contributed by atoms with Gasteiger partial charge in [-0.05, 0) is 88.2 Å². The number of aryl methyl sites for hydroxylation is 1.